The molecule has 29 heavy (non-hydrogen) atoms. The number of fused-ring (bicyclic) bond motifs is 3. The summed E-state index contributed by atoms with van der Waals surface area (Å²) in [6.45, 7) is 3.13. The second-order valence-electron chi connectivity index (χ2n) is 6.69. The average molecular weight is 398 g/mol. The van der Waals surface area contributed by atoms with Crippen LogP contribution in [0.25, 0.3) is 16.9 Å². The molecule has 10 heteroatoms. The second-order valence-corrected chi connectivity index (χ2v) is 6.69. The third-order valence-corrected chi connectivity index (χ3v) is 4.97. The van der Waals surface area contributed by atoms with Gasteiger partial charge in [0.05, 0.1) is 19.9 Å². The molecule has 3 heterocycles. The number of H-pyrrole nitrogens is 1. The quantitative estimate of drug-likeness (QED) is 0.504. The number of benzene rings is 1. The fraction of sp³-hybridized carbons (Fsp3) is 0.316. The van der Waals surface area contributed by atoms with Gasteiger partial charge in [-0.2, -0.15) is 4.98 Å². The zero-order chi connectivity index (χ0) is 20.7. The second kappa shape index (κ2) is 7.04. The topological polar surface area (TPSA) is 108 Å². The van der Waals surface area contributed by atoms with Crippen LogP contribution in [-0.2, 0) is 13.6 Å². The van der Waals surface area contributed by atoms with E-state index in [0.29, 0.717) is 35.8 Å². The van der Waals surface area contributed by atoms with Crippen LogP contribution in [0.1, 0.15) is 5.69 Å². The van der Waals surface area contributed by atoms with Crippen LogP contribution in [0.15, 0.2) is 34.0 Å². The maximum Gasteiger partial charge on any atom is 0.329 e. The van der Waals surface area contributed by atoms with Crippen molar-refractivity contribution in [1.82, 2.24) is 23.5 Å². The summed E-state index contributed by atoms with van der Waals surface area (Å²) in [4.78, 5) is 31.0. The maximum atomic E-state index is 12.3. The molecule has 3 aromatic heterocycles. The summed E-state index contributed by atoms with van der Waals surface area (Å²) in [7, 11) is 4.81. The van der Waals surface area contributed by atoms with E-state index in [9.17, 15) is 9.59 Å². The van der Waals surface area contributed by atoms with Gasteiger partial charge in [0.15, 0.2) is 11.2 Å². The normalized spacial score (nSPS) is 11.3. The van der Waals surface area contributed by atoms with Crippen molar-refractivity contribution in [3.8, 4) is 11.5 Å². The smallest absolute Gasteiger partial charge is 0.329 e. The van der Waals surface area contributed by atoms with Gasteiger partial charge in [0.2, 0.25) is 5.78 Å². The maximum absolute atomic E-state index is 12.3. The number of imidazole rings is 2. The number of nitrogens with zero attached hydrogens (tertiary/aromatic N) is 4. The van der Waals surface area contributed by atoms with Crippen molar-refractivity contribution in [3.05, 3.63) is 50.9 Å². The first-order valence-corrected chi connectivity index (χ1v) is 9.07. The van der Waals surface area contributed by atoms with Crippen LogP contribution in [0.4, 0.5) is 5.69 Å². The Hall–Kier alpha value is -3.69. The van der Waals surface area contributed by atoms with Gasteiger partial charge in [0.1, 0.15) is 11.5 Å². The minimum absolute atomic E-state index is 0.352. The first-order valence-electron chi connectivity index (χ1n) is 9.07. The van der Waals surface area contributed by atoms with Crippen molar-refractivity contribution in [2.75, 3.05) is 26.1 Å². The fourth-order valence-corrected chi connectivity index (χ4v) is 3.45. The number of nitrogens with one attached hydrogen (secondary N) is 2. The van der Waals surface area contributed by atoms with Crippen molar-refractivity contribution < 1.29 is 9.47 Å². The van der Waals surface area contributed by atoms with Gasteiger partial charge in [-0.3, -0.25) is 18.7 Å². The average Bonchev–Trinajstić information content (AvgIpc) is 3.22. The summed E-state index contributed by atoms with van der Waals surface area (Å²) >= 11 is 0. The molecule has 0 radical (unpaired) electrons. The third-order valence-electron chi connectivity index (χ3n) is 4.97. The van der Waals surface area contributed by atoms with Gasteiger partial charge in [-0.25, -0.2) is 4.79 Å². The first kappa shape index (κ1) is 18.7. The van der Waals surface area contributed by atoms with Gasteiger partial charge in [0, 0.05) is 38.1 Å². The number of anilines is 1. The van der Waals surface area contributed by atoms with Crippen LogP contribution in [0.2, 0.25) is 0 Å². The Kier molecular flexibility index (Phi) is 4.53. The molecule has 4 rings (SSSR count). The summed E-state index contributed by atoms with van der Waals surface area (Å²) in [6.07, 6.45) is 1.84. The molecule has 0 bridgehead atoms. The Balaban J connectivity index is 1.67. The number of hydrogen-bond acceptors (Lipinski definition) is 6. The molecule has 152 valence electrons. The van der Waals surface area contributed by atoms with Gasteiger partial charge in [-0.1, -0.05) is 0 Å². The SMILES string of the molecule is COc1ccc(OC)c(NCCn2c(C)cn3c4c(=O)[nH]c(=O)n(C)c4nc23)c1. The van der Waals surface area contributed by atoms with Gasteiger partial charge in [-0.15, -0.1) is 0 Å². The summed E-state index contributed by atoms with van der Waals surface area (Å²) < 4.78 is 15.7. The molecule has 0 aliphatic rings. The van der Waals surface area contributed by atoms with Crippen LogP contribution >= 0.6 is 0 Å². The lowest BCUT2D eigenvalue weighted by atomic mass is 10.2. The van der Waals surface area contributed by atoms with Gasteiger partial charge >= 0.3 is 5.69 Å². The number of aromatic amines is 1. The summed E-state index contributed by atoms with van der Waals surface area (Å²) in [5.74, 6) is 2.05. The number of aryl methyl sites for hydroxylation is 2. The fourth-order valence-electron chi connectivity index (χ4n) is 3.45. The van der Waals surface area contributed by atoms with Gasteiger partial charge < -0.3 is 19.4 Å². The number of ether oxygens (including phenoxy) is 2. The van der Waals surface area contributed by atoms with Crippen molar-refractivity contribution in [3.63, 3.8) is 0 Å². The Morgan fingerprint density at radius 1 is 1.21 bits per heavy atom. The van der Waals surface area contributed by atoms with Crippen LogP contribution in [0.5, 0.6) is 11.5 Å². The summed E-state index contributed by atoms with van der Waals surface area (Å²) in [5.41, 5.74) is 1.53. The lowest BCUT2D eigenvalue weighted by molar-refractivity contribution is 0.404. The highest BCUT2D eigenvalue weighted by Crippen LogP contribution is 2.28. The molecule has 0 saturated carbocycles. The molecule has 0 unspecified atom stereocenters. The molecule has 10 nitrogen and oxygen atoms in total. The molecule has 0 fully saturated rings. The molecule has 0 aliphatic carbocycles. The standard InChI is InChI=1S/C19H22N6O4/c1-11-10-25-15-16(23(2)19(27)22-17(15)26)21-18(25)24(11)8-7-20-13-9-12(28-3)5-6-14(13)29-4/h5-6,9-10,20H,7-8H2,1-4H3,(H,22,26,27). The zero-order valence-electron chi connectivity index (χ0n) is 16.6. The van der Waals surface area contributed by atoms with E-state index in [1.807, 2.05) is 35.9 Å². The Morgan fingerprint density at radius 2 is 2.00 bits per heavy atom. The van der Waals surface area contributed by atoms with E-state index in [1.165, 1.54) is 4.57 Å². The lowest BCUT2D eigenvalue weighted by Crippen LogP contribution is -2.28. The van der Waals surface area contributed by atoms with Crippen molar-refractivity contribution in [1.29, 1.82) is 0 Å². The zero-order valence-corrected chi connectivity index (χ0v) is 16.6. The van der Waals surface area contributed by atoms with Crippen LogP contribution < -0.4 is 26.0 Å². The minimum atomic E-state index is -0.488. The lowest BCUT2D eigenvalue weighted by Gasteiger charge is -2.13. The van der Waals surface area contributed by atoms with Gasteiger partial charge in [-0.05, 0) is 19.1 Å². The largest absolute Gasteiger partial charge is 0.497 e. The molecule has 0 saturated heterocycles. The molecule has 2 N–H and O–H groups in total. The van der Waals surface area contributed by atoms with E-state index in [1.54, 1.807) is 25.7 Å². The molecule has 0 atom stereocenters. The van der Waals surface area contributed by atoms with Crippen LogP contribution in [0.3, 0.4) is 0 Å². The molecular weight excluding hydrogens is 376 g/mol. The highest BCUT2D eigenvalue weighted by atomic mass is 16.5. The van der Waals surface area contributed by atoms with E-state index in [2.05, 4.69) is 15.3 Å². The van der Waals surface area contributed by atoms with E-state index in [0.717, 1.165) is 17.1 Å². The van der Waals surface area contributed by atoms with E-state index < -0.39 is 11.2 Å². The summed E-state index contributed by atoms with van der Waals surface area (Å²) in [6, 6.07) is 5.55. The minimum Gasteiger partial charge on any atom is -0.497 e. The molecule has 0 aliphatic heterocycles. The van der Waals surface area contributed by atoms with Crippen LogP contribution in [0, 0.1) is 6.92 Å². The number of aromatic nitrogens is 5. The highest BCUT2D eigenvalue weighted by molar-refractivity contribution is 5.75. The molecular formula is C19H22N6O4. The first-order chi connectivity index (χ1) is 13.9. The predicted molar refractivity (Wildman–Crippen MR) is 109 cm³/mol. The molecule has 0 amide bonds. The van der Waals surface area contributed by atoms with Crippen LogP contribution in [-0.4, -0.2) is 44.3 Å². The molecule has 0 spiro atoms. The summed E-state index contributed by atoms with van der Waals surface area (Å²) in [5, 5.41) is 3.35. The van der Waals surface area contributed by atoms with Gasteiger partial charge in [0.25, 0.3) is 5.56 Å². The molecule has 1 aromatic carbocycles. The number of methoxy groups -OCH3 is 2. The third kappa shape index (κ3) is 3.02. The predicted octanol–water partition coefficient (Wildman–Crippen LogP) is 1.11. The van der Waals surface area contributed by atoms with E-state index in [4.69, 9.17) is 9.47 Å². The number of rotatable bonds is 6. The van der Waals surface area contributed by atoms with Crippen molar-refractivity contribution in [2.24, 2.45) is 7.05 Å². The monoisotopic (exact) mass is 398 g/mol. The van der Waals surface area contributed by atoms with Crippen molar-refractivity contribution in [2.45, 2.75) is 13.5 Å². The van der Waals surface area contributed by atoms with E-state index in [-0.39, 0.29) is 0 Å². The van der Waals surface area contributed by atoms with E-state index >= 15 is 0 Å². The number of hydrogen-bond donors (Lipinski definition) is 2. The van der Waals surface area contributed by atoms with Crippen molar-refractivity contribution >= 4 is 22.6 Å². The Morgan fingerprint density at radius 3 is 2.72 bits per heavy atom. The Labute approximate surface area is 165 Å². The highest BCUT2D eigenvalue weighted by Gasteiger charge is 2.17. The molecule has 4 aromatic rings. The Bertz CT molecular complexity index is 1330.